The van der Waals surface area contributed by atoms with Crippen LogP contribution in [0.5, 0.6) is 0 Å². The van der Waals surface area contributed by atoms with E-state index in [0.29, 0.717) is 6.04 Å². The van der Waals surface area contributed by atoms with Crippen molar-refractivity contribution in [3.63, 3.8) is 0 Å². The molecule has 1 aliphatic rings. The van der Waals surface area contributed by atoms with Crippen LogP contribution in [0.3, 0.4) is 0 Å². The second kappa shape index (κ2) is 5.81. The molecule has 0 aliphatic heterocycles. The lowest BCUT2D eigenvalue weighted by molar-refractivity contribution is -0.123. The van der Waals surface area contributed by atoms with Crippen molar-refractivity contribution >= 4 is 5.91 Å². The Balaban J connectivity index is 2.28. The van der Waals surface area contributed by atoms with Gasteiger partial charge in [0.05, 0.1) is 6.04 Å². The molecule has 0 bridgehead atoms. The molecule has 0 saturated carbocycles. The van der Waals surface area contributed by atoms with Gasteiger partial charge in [0.25, 0.3) is 0 Å². The minimum atomic E-state index is -0.328. The largest absolute Gasteiger partial charge is 0.352 e. The van der Waals surface area contributed by atoms with E-state index < -0.39 is 0 Å². The minimum absolute atomic E-state index is 0.00662. The molecule has 80 valence electrons. The maximum atomic E-state index is 11.5. The summed E-state index contributed by atoms with van der Waals surface area (Å²) in [5.41, 5.74) is 5.71. The van der Waals surface area contributed by atoms with Crippen LogP contribution in [0.1, 0.15) is 39.0 Å². The molecule has 3 N–H and O–H groups in total. The predicted molar refractivity (Wildman–Crippen MR) is 57.8 cm³/mol. The highest BCUT2D eigenvalue weighted by molar-refractivity contribution is 5.81. The zero-order chi connectivity index (χ0) is 10.4. The van der Waals surface area contributed by atoms with Gasteiger partial charge in [-0.1, -0.05) is 25.5 Å². The summed E-state index contributed by atoms with van der Waals surface area (Å²) >= 11 is 0. The van der Waals surface area contributed by atoms with Crippen LogP contribution in [-0.2, 0) is 4.79 Å². The van der Waals surface area contributed by atoms with Gasteiger partial charge in [-0.25, -0.2) is 0 Å². The van der Waals surface area contributed by atoms with Gasteiger partial charge < -0.3 is 11.1 Å². The number of hydrogen-bond acceptors (Lipinski definition) is 2. The Morgan fingerprint density at radius 3 is 3.00 bits per heavy atom. The van der Waals surface area contributed by atoms with Gasteiger partial charge in [0.2, 0.25) is 5.91 Å². The van der Waals surface area contributed by atoms with Crippen molar-refractivity contribution in [2.75, 3.05) is 0 Å². The molecule has 2 atom stereocenters. The second-order valence-electron chi connectivity index (χ2n) is 3.89. The third-order valence-electron chi connectivity index (χ3n) is 2.55. The van der Waals surface area contributed by atoms with Crippen molar-refractivity contribution in [3.8, 4) is 0 Å². The molecule has 1 amide bonds. The smallest absolute Gasteiger partial charge is 0.237 e. The number of rotatable bonds is 4. The van der Waals surface area contributed by atoms with Crippen LogP contribution < -0.4 is 11.1 Å². The van der Waals surface area contributed by atoms with Gasteiger partial charge in [0, 0.05) is 6.04 Å². The topological polar surface area (TPSA) is 55.1 Å². The average Bonchev–Trinajstić information content (AvgIpc) is 2.19. The number of nitrogens with two attached hydrogens (primary N) is 1. The summed E-state index contributed by atoms with van der Waals surface area (Å²) in [4.78, 5) is 11.5. The first kappa shape index (κ1) is 11.2. The average molecular weight is 196 g/mol. The molecule has 1 unspecified atom stereocenters. The number of allylic oxidation sites excluding steroid dienone is 1. The highest BCUT2D eigenvalue weighted by atomic mass is 16.2. The molecular weight excluding hydrogens is 176 g/mol. The van der Waals surface area contributed by atoms with Crippen LogP contribution >= 0.6 is 0 Å². The molecule has 3 heteroatoms. The highest BCUT2D eigenvalue weighted by Crippen LogP contribution is 2.10. The van der Waals surface area contributed by atoms with Gasteiger partial charge in [-0.2, -0.15) is 0 Å². The molecule has 1 rings (SSSR count). The lowest BCUT2D eigenvalue weighted by Crippen LogP contribution is -2.45. The number of carbonyl (C=O) groups excluding carboxylic acids is 1. The first-order valence-electron chi connectivity index (χ1n) is 5.45. The summed E-state index contributed by atoms with van der Waals surface area (Å²) in [5, 5.41) is 2.99. The zero-order valence-corrected chi connectivity index (χ0v) is 8.83. The first-order chi connectivity index (χ1) is 6.74. The lowest BCUT2D eigenvalue weighted by Gasteiger charge is -2.21. The van der Waals surface area contributed by atoms with E-state index >= 15 is 0 Å². The monoisotopic (exact) mass is 196 g/mol. The van der Waals surface area contributed by atoms with Gasteiger partial charge in [-0.3, -0.25) is 4.79 Å². The van der Waals surface area contributed by atoms with Gasteiger partial charge in [0.1, 0.15) is 0 Å². The fourth-order valence-corrected chi connectivity index (χ4v) is 1.68. The van der Waals surface area contributed by atoms with Crippen LogP contribution in [0.15, 0.2) is 12.2 Å². The number of carbonyl (C=O) groups is 1. The van der Waals surface area contributed by atoms with Crippen molar-refractivity contribution in [3.05, 3.63) is 12.2 Å². The lowest BCUT2D eigenvalue weighted by atomic mass is 10.0. The zero-order valence-electron chi connectivity index (χ0n) is 8.83. The van der Waals surface area contributed by atoms with E-state index in [-0.39, 0.29) is 11.9 Å². The Kier molecular flexibility index (Phi) is 4.66. The van der Waals surface area contributed by atoms with Gasteiger partial charge in [0.15, 0.2) is 0 Å². The van der Waals surface area contributed by atoms with E-state index in [1.54, 1.807) is 0 Å². The third-order valence-corrected chi connectivity index (χ3v) is 2.55. The fraction of sp³-hybridized carbons (Fsp3) is 0.727. The first-order valence-corrected chi connectivity index (χ1v) is 5.45. The highest BCUT2D eigenvalue weighted by Gasteiger charge is 2.17. The van der Waals surface area contributed by atoms with Gasteiger partial charge >= 0.3 is 0 Å². The molecule has 0 aromatic rings. The molecule has 0 saturated heterocycles. The van der Waals surface area contributed by atoms with E-state index in [0.717, 1.165) is 32.1 Å². The summed E-state index contributed by atoms with van der Waals surface area (Å²) in [5.74, 6) is 0.00662. The van der Waals surface area contributed by atoms with Crippen LogP contribution in [0.4, 0.5) is 0 Å². The maximum absolute atomic E-state index is 11.5. The van der Waals surface area contributed by atoms with Crippen LogP contribution in [-0.4, -0.2) is 18.0 Å². The second-order valence-corrected chi connectivity index (χ2v) is 3.89. The normalized spacial score (nSPS) is 23.1. The molecule has 0 fully saturated rings. The molecule has 3 nitrogen and oxygen atoms in total. The Morgan fingerprint density at radius 2 is 2.43 bits per heavy atom. The van der Waals surface area contributed by atoms with E-state index in [1.165, 1.54) is 0 Å². The van der Waals surface area contributed by atoms with E-state index in [9.17, 15) is 4.79 Å². The number of hydrogen-bond donors (Lipinski definition) is 2. The summed E-state index contributed by atoms with van der Waals surface area (Å²) in [7, 11) is 0. The van der Waals surface area contributed by atoms with Crippen LogP contribution in [0.2, 0.25) is 0 Å². The minimum Gasteiger partial charge on any atom is -0.352 e. The van der Waals surface area contributed by atoms with E-state index in [2.05, 4.69) is 17.5 Å². The molecule has 0 heterocycles. The van der Waals surface area contributed by atoms with Gasteiger partial charge in [-0.05, 0) is 25.7 Å². The third kappa shape index (κ3) is 3.50. The van der Waals surface area contributed by atoms with Crippen molar-refractivity contribution in [1.82, 2.24) is 5.32 Å². The Hall–Kier alpha value is -0.830. The predicted octanol–water partition coefficient (Wildman–Crippen LogP) is 1.34. The molecule has 1 aliphatic carbocycles. The quantitative estimate of drug-likeness (QED) is 0.667. The van der Waals surface area contributed by atoms with Crippen molar-refractivity contribution in [1.29, 1.82) is 0 Å². The Bertz CT molecular complexity index is 213. The number of nitrogens with one attached hydrogen (secondary N) is 1. The molecule has 0 aromatic heterocycles. The van der Waals surface area contributed by atoms with Crippen molar-refractivity contribution < 1.29 is 4.79 Å². The maximum Gasteiger partial charge on any atom is 0.237 e. The van der Waals surface area contributed by atoms with Crippen LogP contribution in [0.25, 0.3) is 0 Å². The van der Waals surface area contributed by atoms with Crippen LogP contribution in [0, 0.1) is 0 Å². The standard InChI is InChI=1S/C11H20N2O/c1-2-6-10(12)11(14)13-9-7-4-3-5-8-9/h3-4,9-10H,2,5-8,12H2,1H3,(H,13,14)/t9?,10-/m1/s1. The summed E-state index contributed by atoms with van der Waals surface area (Å²) in [6.45, 7) is 2.04. The van der Waals surface area contributed by atoms with Crippen molar-refractivity contribution in [2.24, 2.45) is 5.73 Å². The van der Waals surface area contributed by atoms with Crippen molar-refractivity contribution in [2.45, 2.75) is 51.1 Å². The fourth-order valence-electron chi connectivity index (χ4n) is 1.68. The Labute approximate surface area is 85.7 Å². The molecule has 0 aromatic carbocycles. The molecular formula is C11H20N2O. The Morgan fingerprint density at radius 1 is 1.64 bits per heavy atom. The van der Waals surface area contributed by atoms with E-state index in [4.69, 9.17) is 5.73 Å². The summed E-state index contributed by atoms with van der Waals surface area (Å²) < 4.78 is 0. The molecule has 0 radical (unpaired) electrons. The summed E-state index contributed by atoms with van der Waals surface area (Å²) in [6.07, 6.45) is 9.07. The number of amides is 1. The molecule has 14 heavy (non-hydrogen) atoms. The summed E-state index contributed by atoms with van der Waals surface area (Å²) in [6, 6.07) is -0.0266. The van der Waals surface area contributed by atoms with Gasteiger partial charge in [-0.15, -0.1) is 0 Å². The SMILES string of the molecule is CCC[C@@H](N)C(=O)NC1CC=CCC1. The molecule has 0 spiro atoms. The van der Waals surface area contributed by atoms with E-state index in [1.807, 2.05) is 6.92 Å².